The number of nitriles is 1. The molecule has 68 valence electrons. The molecule has 1 aromatic rings. The first-order chi connectivity index (χ1) is 6.06. The van der Waals surface area contributed by atoms with Crippen molar-refractivity contribution < 1.29 is 13.9 Å². The first kappa shape index (κ1) is 9.39. The van der Waals surface area contributed by atoms with E-state index < -0.39 is 12.1 Å². The number of aryl methyl sites for hydroxylation is 1. The highest BCUT2D eigenvalue weighted by atomic mass is 19.3. The molecule has 0 saturated heterocycles. The molecule has 0 radical (unpaired) electrons. The second-order valence-corrected chi connectivity index (χ2v) is 2.47. The summed E-state index contributed by atoms with van der Waals surface area (Å²) in [6, 6.07) is 2.63. The fraction of sp³-hybridized carbons (Fsp3) is 0.250. The first-order valence-electron chi connectivity index (χ1n) is 3.45. The van der Waals surface area contributed by atoms with Gasteiger partial charge in [-0.25, -0.2) is 13.8 Å². The van der Waals surface area contributed by atoms with Crippen LogP contribution in [0.3, 0.4) is 0 Å². The summed E-state index contributed by atoms with van der Waals surface area (Å²) in [4.78, 5) is 3.33. The molecule has 0 unspecified atom stereocenters. The molecule has 0 saturated carbocycles. The molecule has 0 amide bonds. The summed E-state index contributed by atoms with van der Waals surface area (Å²) >= 11 is 0. The predicted molar refractivity (Wildman–Crippen MR) is 40.3 cm³/mol. The van der Waals surface area contributed by atoms with Crippen LogP contribution in [0, 0.1) is 18.3 Å². The van der Waals surface area contributed by atoms with Crippen LogP contribution in [0.2, 0.25) is 0 Å². The number of aromatic hydroxyl groups is 1. The second-order valence-electron chi connectivity index (χ2n) is 2.47. The zero-order chi connectivity index (χ0) is 10.0. The number of hydrogen-bond acceptors (Lipinski definition) is 3. The molecule has 0 aliphatic rings. The molecular formula is C8H6F2N2O. The highest BCUT2D eigenvalue weighted by molar-refractivity contribution is 5.40. The van der Waals surface area contributed by atoms with Gasteiger partial charge in [-0.2, -0.15) is 5.26 Å². The van der Waals surface area contributed by atoms with Crippen molar-refractivity contribution in [3.63, 3.8) is 0 Å². The molecule has 0 aliphatic heterocycles. The van der Waals surface area contributed by atoms with Gasteiger partial charge in [0.15, 0.2) is 11.4 Å². The van der Waals surface area contributed by atoms with Crippen LogP contribution < -0.4 is 0 Å². The number of pyridine rings is 1. The first-order valence-corrected chi connectivity index (χ1v) is 3.45. The smallest absolute Gasteiger partial charge is 0.280 e. The molecule has 1 aromatic heterocycles. The summed E-state index contributed by atoms with van der Waals surface area (Å²) in [6.07, 6.45) is -2.73. The summed E-state index contributed by atoms with van der Waals surface area (Å²) in [6.45, 7) is 1.40. The Morgan fingerprint density at radius 2 is 2.23 bits per heavy atom. The molecule has 13 heavy (non-hydrogen) atoms. The molecule has 1 N–H and O–H groups in total. The van der Waals surface area contributed by atoms with Crippen LogP contribution in [0.25, 0.3) is 0 Å². The summed E-state index contributed by atoms with van der Waals surface area (Å²) in [5.41, 5.74) is -0.665. The Bertz CT molecular complexity index is 371. The minimum atomic E-state index is -2.73. The standard InChI is InChI=1S/C8H6F2N2O/c1-4-2-6(13)5(3-11)12-7(4)8(9)10/h2,8,13H,1H3. The fourth-order valence-corrected chi connectivity index (χ4v) is 0.916. The van der Waals surface area contributed by atoms with Crippen molar-refractivity contribution in [1.82, 2.24) is 4.98 Å². The molecule has 0 aromatic carbocycles. The van der Waals surface area contributed by atoms with E-state index in [-0.39, 0.29) is 17.0 Å². The number of halogens is 2. The van der Waals surface area contributed by atoms with Gasteiger partial charge < -0.3 is 5.11 Å². The molecule has 5 heteroatoms. The van der Waals surface area contributed by atoms with E-state index in [4.69, 9.17) is 10.4 Å². The van der Waals surface area contributed by atoms with Gasteiger partial charge in [0.05, 0.1) is 0 Å². The van der Waals surface area contributed by atoms with Gasteiger partial charge in [-0.05, 0) is 18.6 Å². The van der Waals surface area contributed by atoms with Crippen molar-refractivity contribution in [2.75, 3.05) is 0 Å². The second kappa shape index (κ2) is 3.35. The zero-order valence-corrected chi connectivity index (χ0v) is 6.75. The quantitative estimate of drug-likeness (QED) is 0.725. The number of rotatable bonds is 1. The number of nitrogens with zero attached hydrogens (tertiary/aromatic N) is 2. The Balaban J connectivity index is 3.33. The largest absolute Gasteiger partial charge is 0.505 e. The van der Waals surface area contributed by atoms with E-state index in [1.807, 2.05) is 0 Å². The van der Waals surface area contributed by atoms with Crippen LogP contribution in [0.5, 0.6) is 5.75 Å². The van der Waals surface area contributed by atoms with Gasteiger partial charge >= 0.3 is 0 Å². The van der Waals surface area contributed by atoms with Gasteiger partial charge in [-0.15, -0.1) is 0 Å². The SMILES string of the molecule is Cc1cc(O)c(C#N)nc1C(F)F. The minimum Gasteiger partial charge on any atom is -0.505 e. The van der Waals surface area contributed by atoms with Crippen molar-refractivity contribution in [1.29, 1.82) is 5.26 Å². The van der Waals surface area contributed by atoms with E-state index in [1.165, 1.54) is 13.0 Å². The fourth-order valence-electron chi connectivity index (χ4n) is 0.916. The average Bonchev–Trinajstić information content (AvgIpc) is 2.03. The van der Waals surface area contributed by atoms with Gasteiger partial charge in [-0.1, -0.05) is 0 Å². The molecule has 0 bridgehead atoms. The Morgan fingerprint density at radius 1 is 1.62 bits per heavy atom. The summed E-state index contributed by atoms with van der Waals surface area (Å²) in [5.74, 6) is -0.371. The van der Waals surface area contributed by atoms with Crippen LogP contribution in [-0.4, -0.2) is 10.1 Å². The van der Waals surface area contributed by atoms with E-state index in [9.17, 15) is 8.78 Å². The summed E-state index contributed by atoms with van der Waals surface area (Å²) in [5, 5.41) is 17.5. The van der Waals surface area contributed by atoms with Crippen molar-refractivity contribution >= 4 is 0 Å². The average molecular weight is 184 g/mol. The molecule has 0 atom stereocenters. The van der Waals surface area contributed by atoms with Crippen molar-refractivity contribution in [3.05, 3.63) is 23.0 Å². The van der Waals surface area contributed by atoms with Gasteiger partial charge in [-0.3, -0.25) is 0 Å². The summed E-state index contributed by atoms with van der Waals surface area (Å²) < 4.78 is 24.4. The van der Waals surface area contributed by atoms with Crippen LogP contribution in [0.15, 0.2) is 6.07 Å². The predicted octanol–water partition coefficient (Wildman–Crippen LogP) is 1.90. The van der Waals surface area contributed by atoms with Gasteiger partial charge in [0.25, 0.3) is 6.43 Å². The van der Waals surface area contributed by atoms with Gasteiger partial charge in [0, 0.05) is 0 Å². The van der Waals surface area contributed by atoms with Crippen LogP contribution in [-0.2, 0) is 0 Å². The third-order valence-electron chi connectivity index (χ3n) is 1.54. The van der Waals surface area contributed by atoms with Crippen LogP contribution in [0.4, 0.5) is 8.78 Å². The molecule has 0 fully saturated rings. The van der Waals surface area contributed by atoms with Crippen molar-refractivity contribution in [3.8, 4) is 11.8 Å². The Hall–Kier alpha value is -1.70. The summed E-state index contributed by atoms with van der Waals surface area (Å²) in [7, 11) is 0. The molecule has 1 rings (SSSR count). The molecular weight excluding hydrogens is 178 g/mol. The lowest BCUT2D eigenvalue weighted by molar-refractivity contribution is 0.145. The van der Waals surface area contributed by atoms with E-state index in [0.717, 1.165) is 6.07 Å². The van der Waals surface area contributed by atoms with E-state index in [0.29, 0.717) is 0 Å². The van der Waals surface area contributed by atoms with Crippen molar-refractivity contribution in [2.24, 2.45) is 0 Å². The van der Waals surface area contributed by atoms with Crippen LogP contribution in [0.1, 0.15) is 23.4 Å². The van der Waals surface area contributed by atoms with Gasteiger partial charge in [0.2, 0.25) is 0 Å². The molecule has 3 nitrogen and oxygen atoms in total. The molecule has 0 aliphatic carbocycles. The lowest BCUT2D eigenvalue weighted by atomic mass is 10.2. The maximum absolute atomic E-state index is 12.2. The normalized spacial score (nSPS) is 10.1. The lowest BCUT2D eigenvalue weighted by Crippen LogP contribution is -1.97. The highest BCUT2D eigenvalue weighted by Gasteiger charge is 2.15. The molecule has 1 heterocycles. The molecule has 0 spiro atoms. The third kappa shape index (κ3) is 1.72. The maximum Gasteiger partial charge on any atom is 0.280 e. The minimum absolute atomic E-state index is 0.173. The Kier molecular flexibility index (Phi) is 2.42. The monoisotopic (exact) mass is 184 g/mol. The Labute approximate surface area is 73.3 Å². The number of alkyl halides is 2. The van der Waals surface area contributed by atoms with E-state index in [1.54, 1.807) is 0 Å². The van der Waals surface area contributed by atoms with Crippen molar-refractivity contribution in [2.45, 2.75) is 13.3 Å². The van der Waals surface area contributed by atoms with Crippen LogP contribution >= 0.6 is 0 Å². The van der Waals surface area contributed by atoms with E-state index in [2.05, 4.69) is 4.98 Å². The maximum atomic E-state index is 12.2. The van der Waals surface area contributed by atoms with E-state index >= 15 is 0 Å². The Morgan fingerprint density at radius 3 is 2.69 bits per heavy atom. The number of hydrogen-bond donors (Lipinski definition) is 1. The third-order valence-corrected chi connectivity index (χ3v) is 1.54. The zero-order valence-electron chi connectivity index (χ0n) is 6.75. The highest BCUT2D eigenvalue weighted by Crippen LogP contribution is 2.25. The van der Waals surface area contributed by atoms with Gasteiger partial charge in [0.1, 0.15) is 11.8 Å². The topological polar surface area (TPSA) is 56.9 Å². The number of aromatic nitrogens is 1. The lowest BCUT2D eigenvalue weighted by Gasteiger charge is -2.04.